The zero-order chi connectivity index (χ0) is 17.0. The van der Waals surface area contributed by atoms with Crippen LogP contribution in [0.25, 0.3) is 0 Å². The lowest BCUT2D eigenvalue weighted by Crippen LogP contribution is -2.19. The van der Waals surface area contributed by atoms with Crippen molar-refractivity contribution in [2.45, 2.75) is 50.7 Å². The smallest absolute Gasteiger partial charge is 0.224 e. The Morgan fingerprint density at radius 1 is 1.48 bits per heavy atom. The van der Waals surface area contributed by atoms with E-state index in [1.54, 1.807) is 10.8 Å². The minimum atomic E-state index is 0.102. The van der Waals surface area contributed by atoms with Crippen molar-refractivity contribution in [1.82, 2.24) is 0 Å². The zero-order valence-electron chi connectivity index (χ0n) is 14.5. The van der Waals surface area contributed by atoms with E-state index in [4.69, 9.17) is 0 Å². The molecule has 1 aliphatic rings. The van der Waals surface area contributed by atoms with E-state index in [1.165, 1.54) is 11.1 Å². The van der Waals surface area contributed by atoms with Crippen molar-refractivity contribution in [3.8, 4) is 0 Å². The Hall–Kier alpha value is -0.870. The van der Waals surface area contributed by atoms with Gasteiger partial charge in [-0.05, 0) is 68.0 Å². The topological polar surface area (TPSA) is 29.1 Å². The average molecular weight is 350 g/mol. The number of hydrogen-bond donors (Lipinski definition) is 1. The first-order chi connectivity index (χ1) is 10.9. The number of allylic oxidation sites excluding steroid dienone is 1. The van der Waals surface area contributed by atoms with Gasteiger partial charge >= 0.3 is 0 Å². The fourth-order valence-corrected chi connectivity index (χ4v) is 5.38. The molecule has 1 aromatic rings. The Bertz CT molecular complexity index is 583. The van der Waals surface area contributed by atoms with Gasteiger partial charge in [-0.1, -0.05) is 40.7 Å². The number of hydrogen-bond acceptors (Lipinski definition) is 3. The summed E-state index contributed by atoms with van der Waals surface area (Å²) >= 11 is 0. The maximum Gasteiger partial charge on any atom is 0.224 e. The second-order valence-corrected chi connectivity index (χ2v) is 9.97. The number of fused-ring (bicyclic) bond motifs is 1. The molecule has 0 saturated carbocycles. The average Bonchev–Trinajstić information content (AvgIpc) is 2.82. The molecule has 23 heavy (non-hydrogen) atoms. The van der Waals surface area contributed by atoms with Crippen LogP contribution in [-0.4, -0.2) is 16.9 Å². The summed E-state index contributed by atoms with van der Waals surface area (Å²) in [4.78, 5) is 12.2. The molecule has 0 fully saturated rings. The molecule has 1 aromatic carbocycles. The molecule has 0 aromatic heterocycles. The number of carbonyl (C=O) groups excluding carboxylic acids is 1. The van der Waals surface area contributed by atoms with E-state index < -0.39 is 0 Å². The van der Waals surface area contributed by atoms with Crippen LogP contribution in [0.2, 0.25) is 0 Å². The third-order valence-electron chi connectivity index (χ3n) is 4.58. The number of anilines is 1. The van der Waals surface area contributed by atoms with Crippen LogP contribution < -0.4 is 5.32 Å². The number of amides is 1. The second kappa shape index (κ2) is 7.80. The molecular formula is C19H27NOS2. The number of carbonyl (C=O) groups is 1. The lowest BCUT2D eigenvalue weighted by Gasteiger charge is -2.22. The molecule has 0 bridgehead atoms. The molecule has 2 nitrogen and oxygen atoms in total. The van der Waals surface area contributed by atoms with Crippen LogP contribution in [0, 0.1) is 5.92 Å². The Labute approximate surface area is 148 Å². The van der Waals surface area contributed by atoms with Gasteiger partial charge < -0.3 is 5.32 Å². The zero-order valence-corrected chi connectivity index (χ0v) is 16.2. The van der Waals surface area contributed by atoms with Gasteiger partial charge in [0.2, 0.25) is 5.91 Å². The van der Waals surface area contributed by atoms with Gasteiger partial charge in [0.25, 0.3) is 0 Å². The van der Waals surface area contributed by atoms with Crippen LogP contribution >= 0.6 is 21.6 Å². The number of nitrogens with one attached hydrogen (secondary N) is 1. The van der Waals surface area contributed by atoms with E-state index >= 15 is 0 Å². The summed E-state index contributed by atoms with van der Waals surface area (Å²) in [6.07, 6.45) is 6.63. The van der Waals surface area contributed by atoms with Crippen molar-refractivity contribution in [1.29, 1.82) is 0 Å². The third-order valence-corrected chi connectivity index (χ3v) is 7.26. The van der Waals surface area contributed by atoms with Crippen LogP contribution in [0.1, 0.15) is 50.7 Å². The van der Waals surface area contributed by atoms with Crippen molar-refractivity contribution >= 4 is 33.2 Å². The first-order valence-corrected chi connectivity index (χ1v) is 10.7. The predicted molar refractivity (Wildman–Crippen MR) is 105 cm³/mol. The van der Waals surface area contributed by atoms with Gasteiger partial charge in [0.05, 0.1) is 0 Å². The highest BCUT2D eigenvalue weighted by atomic mass is 33.1. The van der Waals surface area contributed by atoms with Crippen LogP contribution in [-0.2, 0) is 11.2 Å². The van der Waals surface area contributed by atoms with Crippen molar-refractivity contribution < 1.29 is 4.79 Å². The van der Waals surface area contributed by atoms with Crippen molar-refractivity contribution in [3.05, 3.63) is 42.0 Å². The molecule has 0 saturated heterocycles. The van der Waals surface area contributed by atoms with Gasteiger partial charge in [-0.2, -0.15) is 0 Å². The Morgan fingerprint density at radius 2 is 2.22 bits per heavy atom. The van der Waals surface area contributed by atoms with E-state index in [0.717, 1.165) is 18.5 Å². The molecule has 1 aliphatic carbocycles. The van der Waals surface area contributed by atoms with E-state index in [2.05, 4.69) is 57.1 Å². The first-order valence-electron chi connectivity index (χ1n) is 8.13. The summed E-state index contributed by atoms with van der Waals surface area (Å²) in [7, 11) is 3.59. The second-order valence-electron chi connectivity index (χ2n) is 6.86. The minimum Gasteiger partial charge on any atom is -0.326 e. The highest BCUT2D eigenvalue weighted by Crippen LogP contribution is 2.40. The van der Waals surface area contributed by atoms with Crippen LogP contribution in [0.15, 0.2) is 30.9 Å². The van der Waals surface area contributed by atoms with Gasteiger partial charge in [0.1, 0.15) is 0 Å². The van der Waals surface area contributed by atoms with Gasteiger partial charge in [-0.15, -0.1) is 6.58 Å². The molecule has 2 unspecified atom stereocenters. The van der Waals surface area contributed by atoms with Crippen molar-refractivity contribution in [2.24, 2.45) is 5.92 Å². The maximum absolute atomic E-state index is 12.2. The molecule has 1 amide bonds. The van der Waals surface area contributed by atoms with Crippen molar-refractivity contribution in [2.75, 3.05) is 11.6 Å². The quantitative estimate of drug-likeness (QED) is 0.509. The summed E-state index contributed by atoms with van der Waals surface area (Å²) in [6.45, 7) is 10.6. The maximum atomic E-state index is 12.2. The molecule has 2 atom stereocenters. The fraction of sp³-hybridized carbons (Fsp3) is 0.526. The minimum absolute atomic E-state index is 0.102. The van der Waals surface area contributed by atoms with Crippen LogP contribution in [0.3, 0.4) is 0 Å². The van der Waals surface area contributed by atoms with Crippen molar-refractivity contribution in [3.63, 3.8) is 0 Å². The summed E-state index contributed by atoms with van der Waals surface area (Å²) in [5, 5.41) is 3.06. The molecule has 4 heteroatoms. The fourth-order valence-electron chi connectivity index (χ4n) is 3.14. The molecular weight excluding hydrogens is 322 g/mol. The third kappa shape index (κ3) is 4.80. The SMILES string of the molecule is C=CC1Cc2ccc(NC(=O)CCC(C)(C)SSC)cc2C1C. The van der Waals surface area contributed by atoms with E-state index in [0.29, 0.717) is 18.3 Å². The largest absolute Gasteiger partial charge is 0.326 e. The first kappa shape index (κ1) is 18.5. The van der Waals surface area contributed by atoms with Crippen LogP contribution in [0.5, 0.6) is 0 Å². The summed E-state index contributed by atoms with van der Waals surface area (Å²) in [5.74, 6) is 1.10. The van der Waals surface area contributed by atoms with E-state index in [9.17, 15) is 4.79 Å². The molecule has 0 heterocycles. The summed E-state index contributed by atoms with van der Waals surface area (Å²) in [6, 6.07) is 6.32. The lowest BCUT2D eigenvalue weighted by atomic mass is 9.95. The molecule has 2 rings (SSSR count). The number of rotatable bonds is 7. The Balaban J connectivity index is 1.96. The highest BCUT2D eigenvalue weighted by Gasteiger charge is 2.27. The van der Waals surface area contributed by atoms with Gasteiger partial charge in [0.15, 0.2) is 0 Å². The molecule has 1 N–H and O–H groups in total. The Morgan fingerprint density at radius 3 is 2.87 bits per heavy atom. The monoisotopic (exact) mass is 349 g/mol. The molecule has 0 aliphatic heterocycles. The van der Waals surface area contributed by atoms with E-state index in [1.807, 2.05) is 16.9 Å². The predicted octanol–water partition coefficient (Wildman–Crippen LogP) is 5.66. The molecule has 0 radical (unpaired) electrons. The Kier molecular flexibility index (Phi) is 6.26. The molecule has 0 spiro atoms. The van der Waals surface area contributed by atoms with E-state index in [-0.39, 0.29) is 10.7 Å². The molecule has 126 valence electrons. The van der Waals surface area contributed by atoms with Gasteiger partial charge in [-0.25, -0.2) is 0 Å². The van der Waals surface area contributed by atoms with Crippen LogP contribution in [0.4, 0.5) is 5.69 Å². The highest BCUT2D eigenvalue weighted by molar-refractivity contribution is 8.76. The summed E-state index contributed by atoms with van der Waals surface area (Å²) < 4.78 is 0.125. The van der Waals surface area contributed by atoms with Gasteiger partial charge in [0, 0.05) is 16.9 Å². The van der Waals surface area contributed by atoms with Gasteiger partial charge in [-0.3, -0.25) is 4.79 Å². The lowest BCUT2D eigenvalue weighted by molar-refractivity contribution is -0.116. The number of benzene rings is 1. The standard InChI is InChI=1S/C19H27NOS2/c1-6-14-11-15-7-8-16(12-17(15)13(14)2)20-18(21)9-10-19(3,4)23-22-5/h6-8,12-14H,1,9-11H2,2-5H3,(H,20,21). The normalized spacial score (nSPS) is 20.2. The summed E-state index contributed by atoms with van der Waals surface area (Å²) in [5.41, 5.74) is 3.66.